The number of nitrogens with zero attached hydrogens (tertiary/aromatic N) is 1. The second-order valence-electron chi connectivity index (χ2n) is 13.4. The molecular weight excluding hydrogens is 567 g/mol. The van der Waals surface area contributed by atoms with E-state index in [1.165, 1.54) is 65.8 Å². The zero-order valence-electron chi connectivity index (χ0n) is 27.1. The van der Waals surface area contributed by atoms with Gasteiger partial charge in [-0.25, -0.2) is 0 Å². The normalized spacial score (nSPS) is 11.7. The van der Waals surface area contributed by atoms with E-state index in [4.69, 9.17) is 0 Å². The van der Waals surface area contributed by atoms with Crippen molar-refractivity contribution in [3.05, 3.63) is 175 Å². The Morgan fingerprint density at radius 2 is 0.787 bits per heavy atom. The molecule has 0 N–H and O–H groups in total. The van der Waals surface area contributed by atoms with Crippen molar-refractivity contribution in [3.63, 3.8) is 0 Å². The fraction of sp³-hybridized carbons (Fsp3) is 0.0870. The number of para-hydroxylation sites is 1. The van der Waals surface area contributed by atoms with Gasteiger partial charge in [0.05, 0.1) is 5.69 Å². The number of rotatable bonds is 5. The molecule has 0 amide bonds. The maximum absolute atomic E-state index is 2.37. The van der Waals surface area contributed by atoms with Crippen LogP contribution in [0.1, 0.15) is 26.3 Å². The van der Waals surface area contributed by atoms with Crippen LogP contribution < -0.4 is 4.90 Å². The number of hydrogen-bond donors (Lipinski definition) is 0. The predicted octanol–water partition coefficient (Wildman–Crippen LogP) is 13.2. The van der Waals surface area contributed by atoms with Crippen LogP contribution in [-0.2, 0) is 5.41 Å². The van der Waals surface area contributed by atoms with Crippen molar-refractivity contribution < 1.29 is 0 Å². The molecule has 0 heterocycles. The third-order valence-electron chi connectivity index (χ3n) is 9.41. The lowest BCUT2D eigenvalue weighted by Crippen LogP contribution is -2.10. The molecule has 8 aromatic rings. The van der Waals surface area contributed by atoms with Gasteiger partial charge in [0.2, 0.25) is 0 Å². The molecule has 47 heavy (non-hydrogen) atoms. The lowest BCUT2D eigenvalue weighted by molar-refractivity contribution is 0.590. The first-order valence-electron chi connectivity index (χ1n) is 16.5. The molecule has 0 atom stereocenters. The summed E-state index contributed by atoms with van der Waals surface area (Å²) in [5.41, 5.74) is 9.91. The molecule has 0 radical (unpaired) electrons. The van der Waals surface area contributed by atoms with E-state index in [2.05, 4.69) is 196 Å². The minimum Gasteiger partial charge on any atom is -0.310 e. The van der Waals surface area contributed by atoms with Crippen molar-refractivity contribution in [2.75, 3.05) is 4.90 Å². The van der Waals surface area contributed by atoms with Crippen molar-refractivity contribution in [2.45, 2.75) is 26.2 Å². The highest BCUT2D eigenvalue weighted by atomic mass is 15.1. The van der Waals surface area contributed by atoms with Crippen LogP contribution in [-0.4, -0.2) is 0 Å². The molecule has 0 aromatic heterocycles. The molecule has 0 spiro atoms. The summed E-state index contributed by atoms with van der Waals surface area (Å²) in [6.45, 7) is 6.82. The van der Waals surface area contributed by atoms with Gasteiger partial charge in [0.25, 0.3) is 0 Å². The van der Waals surface area contributed by atoms with Gasteiger partial charge in [-0.1, -0.05) is 160 Å². The Morgan fingerprint density at radius 1 is 0.362 bits per heavy atom. The number of hydrogen-bond acceptors (Lipinski definition) is 1. The molecule has 1 nitrogen and oxygen atoms in total. The standard InChI is InChI=1S/C46H37N/c1-46(2,3)35-28-24-33(25-29-35)44-39-19-9-11-21-41(39)45(42-22-12-10-20-40(42)44)34-26-30-37(31-27-34)47(36-16-5-4-6-17-36)43-23-13-15-32-14-7-8-18-38(32)43/h4-31H,1-3H3. The summed E-state index contributed by atoms with van der Waals surface area (Å²) in [4.78, 5) is 2.37. The number of fused-ring (bicyclic) bond motifs is 3. The number of anilines is 3. The van der Waals surface area contributed by atoms with E-state index in [9.17, 15) is 0 Å². The van der Waals surface area contributed by atoms with E-state index in [0.717, 1.165) is 11.4 Å². The summed E-state index contributed by atoms with van der Waals surface area (Å²) < 4.78 is 0. The van der Waals surface area contributed by atoms with Crippen molar-refractivity contribution in [3.8, 4) is 22.3 Å². The molecule has 0 bridgehead atoms. The quantitative estimate of drug-likeness (QED) is 0.177. The second-order valence-corrected chi connectivity index (χ2v) is 13.4. The summed E-state index contributed by atoms with van der Waals surface area (Å²) in [5, 5.41) is 7.54. The third kappa shape index (κ3) is 5.15. The van der Waals surface area contributed by atoms with E-state index in [-0.39, 0.29) is 5.41 Å². The van der Waals surface area contributed by atoms with Crippen LogP contribution in [0.15, 0.2) is 170 Å². The summed E-state index contributed by atoms with van der Waals surface area (Å²) in [6.07, 6.45) is 0. The van der Waals surface area contributed by atoms with Gasteiger partial charge in [-0.05, 0) is 90.5 Å². The monoisotopic (exact) mass is 603 g/mol. The molecule has 226 valence electrons. The molecule has 0 saturated heterocycles. The van der Waals surface area contributed by atoms with Gasteiger partial charge in [0, 0.05) is 16.8 Å². The minimum absolute atomic E-state index is 0.113. The van der Waals surface area contributed by atoms with E-state index < -0.39 is 0 Å². The van der Waals surface area contributed by atoms with Crippen molar-refractivity contribution in [1.82, 2.24) is 0 Å². The van der Waals surface area contributed by atoms with Gasteiger partial charge >= 0.3 is 0 Å². The van der Waals surface area contributed by atoms with E-state index in [1.807, 2.05) is 0 Å². The van der Waals surface area contributed by atoms with Gasteiger partial charge in [-0.3, -0.25) is 0 Å². The highest BCUT2D eigenvalue weighted by molar-refractivity contribution is 6.21. The highest BCUT2D eigenvalue weighted by Crippen LogP contribution is 2.45. The van der Waals surface area contributed by atoms with Gasteiger partial charge in [-0.2, -0.15) is 0 Å². The molecule has 0 aliphatic carbocycles. The van der Waals surface area contributed by atoms with E-state index in [1.54, 1.807) is 0 Å². The summed E-state index contributed by atoms with van der Waals surface area (Å²) in [7, 11) is 0. The van der Waals surface area contributed by atoms with Gasteiger partial charge in [-0.15, -0.1) is 0 Å². The molecule has 8 rings (SSSR count). The molecule has 0 aliphatic heterocycles. The molecule has 1 heteroatoms. The molecule has 0 saturated carbocycles. The Labute approximate surface area is 277 Å². The first kappa shape index (κ1) is 28.8. The van der Waals surface area contributed by atoms with Gasteiger partial charge in [0.15, 0.2) is 0 Å². The van der Waals surface area contributed by atoms with Crippen LogP contribution in [0.3, 0.4) is 0 Å². The second kappa shape index (κ2) is 11.6. The van der Waals surface area contributed by atoms with Gasteiger partial charge in [0.1, 0.15) is 0 Å². The summed E-state index contributed by atoms with van der Waals surface area (Å²) >= 11 is 0. The third-order valence-corrected chi connectivity index (χ3v) is 9.41. The van der Waals surface area contributed by atoms with Gasteiger partial charge < -0.3 is 4.90 Å². The molecule has 0 aliphatic rings. The Bertz CT molecular complexity index is 2300. The van der Waals surface area contributed by atoms with Crippen LogP contribution in [0.5, 0.6) is 0 Å². The Balaban J connectivity index is 1.31. The first-order chi connectivity index (χ1) is 23.0. The SMILES string of the molecule is CC(C)(C)c1ccc(-c2c3ccccc3c(-c3ccc(N(c4ccccc4)c4cccc5ccccc45)cc3)c3ccccc23)cc1. The van der Waals surface area contributed by atoms with Crippen LogP contribution in [0.4, 0.5) is 17.1 Å². The minimum atomic E-state index is 0.113. The predicted molar refractivity (Wildman–Crippen MR) is 203 cm³/mol. The number of benzene rings is 8. The topological polar surface area (TPSA) is 3.24 Å². The smallest absolute Gasteiger partial charge is 0.0540 e. The fourth-order valence-corrected chi connectivity index (χ4v) is 7.07. The average Bonchev–Trinajstić information content (AvgIpc) is 3.11. The Kier molecular flexibility index (Phi) is 7.11. The largest absolute Gasteiger partial charge is 0.310 e. The molecule has 0 unspecified atom stereocenters. The maximum Gasteiger partial charge on any atom is 0.0540 e. The average molecular weight is 604 g/mol. The Hall–Kier alpha value is -5.66. The molecular formula is C46H37N. The van der Waals surface area contributed by atoms with Crippen molar-refractivity contribution >= 4 is 49.4 Å². The first-order valence-corrected chi connectivity index (χ1v) is 16.5. The lowest BCUT2D eigenvalue weighted by Gasteiger charge is -2.27. The van der Waals surface area contributed by atoms with Crippen molar-refractivity contribution in [1.29, 1.82) is 0 Å². The van der Waals surface area contributed by atoms with E-state index >= 15 is 0 Å². The molecule has 8 aromatic carbocycles. The van der Waals surface area contributed by atoms with E-state index in [0.29, 0.717) is 0 Å². The van der Waals surface area contributed by atoms with Crippen LogP contribution in [0, 0.1) is 0 Å². The Morgan fingerprint density at radius 3 is 1.32 bits per heavy atom. The lowest BCUT2D eigenvalue weighted by atomic mass is 9.83. The zero-order chi connectivity index (χ0) is 32.0. The van der Waals surface area contributed by atoms with Crippen molar-refractivity contribution in [2.24, 2.45) is 0 Å². The fourth-order valence-electron chi connectivity index (χ4n) is 7.07. The molecule has 0 fully saturated rings. The summed E-state index contributed by atoms with van der Waals surface area (Å²) in [6, 6.07) is 61.9. The van der Waals surface area contributed by atoms with Crippen LogP contribution >= 0.6 is 0 Å². The maximum atomic E-state index is 2.37. The van der Waals surface area contributed by atoms with Crippen LogP contribution in [0.25, 0.3) is 54.6 Å². The zero-order valence-corrected chi connectivity index (χ0v) is 27.1. The van der Waals surface area contributed by atoms with Crippen LogP contribution in [0.2, 0.25) is 0 Å². The highest BCUT2D eigenvalue weighted by Gasteiger charge is 2.19. The summed E-state index contributed by atoms with van der Waals surface area (Å²) in [5.74, 6) is 0.